The van der Waals surface area contributed by atoms with Gasteiger partial charge < -0.3 is 15.4 Å². The lowest BCUT2D eigenvalue weighted by Crippen LogP contribution is -2.50. The molecule has 0 radical (unpaired) electrons. The summed E-state index contributed by atoms with van der Waals surface area (Å²) in [7, 11) is -3.31. The number of piperazine rings is 1. The van der Waals surface area contributed by atoms with E-state index in [1.165, 1.54) is 8.99 Å². The number of nitrogen functional groups attached to an aromatic ring is 1. The topological polar surface area (TPSA) is 111 Å². The molecule has 0 amide bonds. The second kappa shape index (κ2) is 9.11. The Labute approximate surface area is 188 Å². The van der Waals surface area contributed by atoms with E-state index in [4.69, 9.17) is 10.5 Å². The number of anilines is 2. The van der Waals surface area contributed by atoms with Gasteiger partial charge in [0.1, 0.15) is 5.69 Å². The van der Waals surface area contributed by atoms with Gasteiger partial charge in [-0.3, -0.25) is 4.79 Å². The summed E-state index contributed by atoms with van der Waals surface area (Å²) in [5.74, 6) is 0.281. The minimum atomic E-state index is -3.31. The Morgan fingerprint density at radius 3 is 2.28 bits per heavy atom. The van der Waals surface area contributed by atoms with Gasteiger partial charge in [-0.25, -0.2) is 8.42 Å². The fourth-order valence-corrected chi connectivity index (χ4v) is 5.49. The first-order valence-electron chi connectivity index (χ1n) is 11.2. The van der Waals surface area contributed by atoms with Crippen LogP contribution in [0.5, 0.6) is 5.75 Å². The van der Waals surface area contributed by atoms with E-state index in [0.717, 1.165) is 25.7 Å². The Bertz CT molecular complexity index is 1100. The SMILES string of the molecule is CC(C)S(=O)(=O)N1CCN(c2cnn(-c3ccc(N)cc3)c(=O)c2OC2CCCC2)CC1. The molecule has 2 fully saturated rings. The average molecular weight is 462 g/mol. The molecule has 2 heterocycles. The van der Waals surface area contributed by atoms with Crippen molar-refractivity contribution in [1.82, 2.24) is 14.1 Å². The fraction of sp³-hybridized carbons (Fsp3) is 0.545. The third kappa shape index (κ3) is 4.47. The molecule has 1 saturated heterocycles. The van der Waals surface area contributed by atoms with Crippen LogP contribution in [0.4, 0.5) is 11.4 Å². The Kier molecular flexibility index (Phi) is 6.43. The monoisotopic (exact) mass is 461 g/mol. The summed E-state index contributed by atoms with van der Waals surface area (Å²) in [6.07, 6.45) is 5.67. The molecule has 1 aromatic heterocycles. The van der Waals surface area contributed by atoms with Gasteiger partial charge in [-0.2, -0.15) is 14.1 Å². The summed E-state index contributed by atoms with van der Waals surface area (Å²) in [4.78, 5) is 15.4. The molecular weight excluding hydrogens is 430 g/mol. The molecule has 10 heteroatoms. The Balaban J connectivity index is 1.65. The molecule has 0 unspecified atom stereocenters. The quantitative estimate of drug-likeness (QED) is 0.655. The molecule has 2 N–H and O–H groups in total. The van der Waals surface area contributed by atoms with Gasteiger partial charge in [0.05, 0.1) is 23.2 Å². The number of nitrogens with two attached hydrogens (primary N) is 1. The van der Waals surface area contributed by atoms with Crippen LogP contribution in [0.1, 0.15) is 39.5 Å². The molecule has 2 aliphatic rings. The first-order valence-corrected chi connectivity index (χ1v) is 12.7. The van der Waals surface area contributed by atoms with Gasteiger partial charge in [-0.1, -0.05) is 0 Å². The molecule has 174 valence electrons. The van der Waals surface area contributed by atoms with Crippen molar-refractivity contribution < 1.29 is 13.2 Å². The van der Waals surface area contributed by atoms with Crippen LogP contribution in [0.2, 0.25) is 0 Å². The maximum absolute atomic E-state index is 13.4. The van der Waals surface area contributed by atoms with Crippen LogP contribution in [0.15, 0.2) is 35.3 Å². The highest BCUT2D eigenvalue weighted by molar-refractivity contribution is 7.89. The Hall–Kier alpha value is -2.59. The molecule has 9 nitrogen and oxygen atoms in total. The predicted octanol–water partition coefficient (Wildman–Crippen LogP) is 2.00. The van der Waals surface area contributed by atoms with E-state index in [2.05, 4.69) is 5.10 Å². The summed E-state index contributed by atoms with van der Waals surface area (Å²) in [5.41, 5.74) is 7.29. The van der Waals surface area contributed by atoms with Gasteiger partial charge in [0.2, 0.25) is 15.8 Å². The summed E-state index contributed by atoms with van der Waals surface area (Å²) >= 11 is 0. The number of ether oxygens (including phenoxy) is 1. The fourth-order valence-electron chi connectivity index (χ4n) is 4.22. The van der Waals surface area contributed by atoms with Crippen LogP contribution < -0.4 is 20.9 Å². The molecular formula is C22H31N5O4S. The average Bonchev–Trinajstić information content (AvgIpc) is 3.29. The van der Waals surface area contributed by atoms with Crippen molar-refractivity contribution in [2.75, 3.05) is 36.8 Å². The molecule has 1 saturated carbocycles. The number of nitrogens with zero attached hydrogens (tertiary/aromatic N) is 4. The highest BCUT2D eigenvalue weighted by Crippen LogP contribution is 2.30. The van der Waals surface area contributed by atoms with Crippen molar-refractivity contribution in [3.63, 3.8) is 0 Å². The Morgan fingerprint density at radius 2 is 1.69 bits per heavy atom. The van der Waals surface area contributed by atoms with Crippen molar-refractivity contribution in [2.45, 2.75) is 50.9 Å². The number of hydrogen-bond donors (Lipinski definition) is 1. The van der Waals surface area contributed by atoms with Gasteiger partial charge in [0, 0.05) is 31.9 Å². The number of hydrogen-bond acceptors (Lipinski definition) is 7. The van der Waals surface area contributed by atoms with Gasteiger partial charge in [-0.15, -0.1) is 0 Å². The molecule has 1 aliphatic heterocycles. The number of benzene rings is 1. The molecule has 2 aromatic rings. The highest BCUT2D eigenvalue weighted by atomic mass is 32.2. The van der Waals surface area contributed by atoms with Gasteiger partial charge in [-0.05, 0) is 63.8 Å². The normalized spacial score (nSPS) is 18.4. The second-order valence-corrected chi connectivity index (χ2v) is 11.2. The Morgan fingerprint density at radius 1 is 1.06 bits per heavy atom. The van der Waals surface area contributed by atoms with Gasteiger partial charge in [0.25, 0.3) is 0 Å². The largest absolute Gasteiger partial charge is 0.483 e. The minimum absolute atomic E-state index is 0.00586. The first-order chi connectivity index (χ1) is 15.3. The van der Waals surface area contributed by atoms with E-state index in [-0.39, 0.29) is 17.4 Å². The van der Waals surface area contributed by atoms with Crippen molar-refractivity contribution in [3.8, 4) is 11.4 Å². The molecule has 0 bridgehead atoms. The molecule has 1 aromatic carbocycles. The number of aromatic nitrogens is 2. The lowest BCUT2D eigenvalue weighted by molar-refractivity contribution is 0.205. The lowest BCUT2D eigenvalue weighted by Gasteiger charge is -2.36. The predicted molar refractivity (Wildman–Crippen MR) is 125 cm³/mol. The maximum Gasteiger partial charge on any atom is 0.316 e. The standard InChI is InChI=1S/C22H31N5O4S/c1-16(2)32(29,30)26-13-11-25(12-14-26)20-15-24-27(18-9-7-17(23)8-10-18)22(28)21(20)31-19-5-3-4-6-19/h7-10,15-16,19H,3-6,11-14,23H2,1-2H3. The first kappa shape index (κ1) is 22.6. The summed E-state index contributed by atoms with van der Waals surface area (Å²) < 4.78 is 34.1. The number of sulfonamides is 1. The van der Waals surface area contributed by atoms with Crippen molar-refractivity contribution in [2.24, 2.45) is 0 Å². The van der Waals surface area contributed by atoms with Crippen LogP contribution >= 0.6 is 0 Å². The van der Waals surface area contributed by atoms with E-state index in [1.807, 2.05) is 4.90 Å². The molecule has 0 atom stereocenters. The highest BCUT2D eigenvalue weighted by Gasteiger charge is 2.31. The van der Waals surface area contributed by atoms with Crippen molar-refractivity contribution in [3.05, 3.63) is 40.8 Å². The van der Waals surface area contributed by atoms with Crippen LogP contribution in [-0.2, 0) is 10.0 Å². The van der Waals surface area contributed by atoms with Gasteiger partial charge >= 0.3 is 5.56 Å². The minimum Gasteiger partial charge on any atom is -0.483 e. The molecule has 0 spiro atoms. The zero-order valence-corrected chi connectivity index (χ0v) is 19.4. The smallest absolute Gasteiger partial charge is 0.316 e. The zero-order valence-electron chi connectivity index (χ0n) is 18.6. The molecule has 1 aliphatic carbocycles. The third-order valence-corrected chi connectivity index (χ3v) is 8.45. The van der Waals surface area contributed by atoms with E-state index >= 15 is 0 Å². The summed E-state index contributed by atoms with van der Waals surface area (Å²) in [6.45, 7) is 5.06. The van der Waals surface area contributed by atoms with Crippen LogP contribution in [0, 0.1) is 0 Å². The maximum atomic E-state index is 13.4. The molecule has 4 rings (SSSR count). The lowest BCUT2D eigenvalue weighted by atomic mass is 10.2. The summed E-state index contributed by atoms with van der Waals surface area (Å²) in [6, 6.07) is 6.95. The van der Waals surface area contributed by atoms with Gasteiger partial charge in [0.15, 0.2) is 0 Å². The zero-order chi connectivity index (χ0) is 22.9. The van der Waals surface area contributed by atoms with Crippen molar-refractivity contribution in [1.29, 1.82) is 0 Å². The van der Waals surface area contributed by atoms with Crippen molar-refractivity contribution >= 4 is 21.4 Å². The molecule has 32 heavy (non-hydrogen) atoms. The van der Waals surface area contributed by atoms with Crippen LogP contribution in [0.25, 0.3) is 5.69 Å². The van der Waals surface area contributed by atoms with E-state index in [9.17, 15) is 13.2 Å². The van der Waals surface area contributed by atoms with E-state index in [1.54, 1.807) is 44.3 Å². The number of rotatable bonds is 6. The van der Waals surface area contributed by atoms with E-state index in [0.29, 0.717) is 43.2 Å². The second-order valence-electron chi connectivity index (χ2n) is 8.67. The third-order valence-electron chi connectivity index (χ3n) is 6.17. The van der Waals surface area contributed by atoms with Crippen LogP contribution in [0.3, 0.4) is 0 Å². The van der Waals surface area contributed by atoms with Crippen LogP contribution in [-0.4, -0.2) is 60.0 Å². The van der Waals surface area contributed by atoms with E-state index < -0.39 is 15.3 Å². The summed E-state index contributed by atoms with van der Waals surface area (Å²) in [5, 5.41) is 3.94.